The third-order valence-corrected chi connectivity index (χ3v) is 7.82. The minimum atomic E-state index is -0.696. The van der Waals surface area contributed by atoms with Crippen LogP contribution in [0.3, 0.4) is 0 Å². The predicted octanol–water partition coefficient (Wildman–Crippen LogP) is 4.97. The highest BCUT2D eigenvalue weighted by Gasteiger charge is 2.44. The number of carbonyl (C=O) groups is 2. The van der Waals surface area contributed by atoms with Crippen LogP contribution in [0.2, 0.25) is 0 Å². The van der Waals surface area contributed by atoms with Crippen molar-refractivity contribution in [2.75, 3.05) is 6.54 Å². The second-order valence-electron chi connectivity index (χ2n) is 9.67. The van der Waals surface area contributed by atoms with Gasteiger partial charge >= 0.3 is 5.97 Å². The minimum Gasteiger partial charge on any atom is -0.481 e. The first-order valence-corrected chi connectivity index (χ1v) is 12.0. The van der Waals surface area contributed by atoms with Crippen molar-refractivity contribution in [2.24, 2.45) is 11.8 Å². The number of amides is 1. The van der Waals surface area contributed by atoms with E-state index >= 15 is 0 Å². The summed E-state index contributed by atoms with van der Waals surface area (Å²) >= 11 is 0. The lowest BCUT2D eigenvalue weighted by Gasteiger charge is -2.47. The zero-order chi connectivity index (χ0) is 22.2. The van der Waals surface area contributed by atoms with Gasteiger partial charge in [0.15, 0.2) is 0 Å². The Morgan fingerprint density at radius 3 is 2.91 bits per heavy atom. The number of nitrogens with zero attached hydrogens (tertiary/aromatic N) is 1. The Morgan fingerprint density at radius 1 is 1.28 bits per heavy atom. The lowest BCUT2D eigenvalue weighted by atomic mass is 9.71. The van der Waals surface area contributed by atoms with E-state index in [9.17, 15) is 14.7 Å². The van der Waals surface area contributed by atoms with Gasteiger partial charge in [-0.15, -0.1) is 0 Å². The maximum Gasteiger partial charge on any atom is 0.306 e. The summed E-state index contributed by atoms with van der Waals surface area (Å²) in [5.41, 5.74) is 4.67. The zero-order valence-electron chi connectivity index (χ0n) is 18.7. The highest BCUT2D eigenvalue weighted by Crippen LogP contribution is 2.41. The quantitative estimate of drug-likeness (QED) is 0.693. The van der Waals surface area contributed by atoms with E-state index in [-0.39, 0.29) is 29.7 Å². The minimum absolute atomic E-state index is 0.0678. The van der Waals surface area contributed by atoms with E-state index in [1.165, 1.54) is 11.3 Å². The molecule has 4 unspecified atom stereocenters. The first-order valence-electron chi connectivity index (χ1n) is 12.0. The number of aliphatic carboxylic acids is 1. The average molecular weight is 437 g/mol. The molecule has 6 heteroatoms. The summed E-state index contributed by atoms with van der Waals surface area (Å²) in [7, 11) is 0. The Kier molecular flexibility index (Phi) is 5.70. The molecule has 1 aliphatic heterocycles. The van der Waals surface area contributed by atoms with Crippen molar-refractivity contribution in [3.8, 4) is 0 Å². The first kappa shape index (κ1) is 21.1. The zero-order valence-corrected chi connectivity index (χ0v) is 18.7. The van der Waals surface area contributed by atoms with E-state index in [1.807, 2.05) is 17.0 Å². The van der Waals surface area contributed by atoms with Crippen LogP contribution in [0.5, 0.6) is 0 Å². The van der Waals surface area contributed by atoms with Gasteiger partial charge in [0, 0.05) is 42.0 Å². The molecular weight excluding hydrogens is 404 g/mol. The second-order valence-corrected chi connectivity index (χ2v) is 9.67. The van der Waals surface area contributed by atoms with Crippen molar-refractivity contribution in [1.82, 2.24) is 9.88 Å². The van der Waals surface area contributed by atoms with Gasteiger partial charge in [-0.2, -0.15) is 0 Å². The lowest BCUT2D eigenvalue weighted by Crippen LogP contribution is -2.54. The third-order valence-electron chi connectivity index (χ3n) is 7.82. The van der Waals surface area contributed by atoms with E-state index < -0.39 is 5.97 Å². The number of aromatic amines is 1. The highest BCUT2D eigenvalue weighted by molar-refractivity contribution is 5.83. The molecule has 2 aromatic rings. The molecule has 0 aromatic carbocycles. The summed E-state index contributed by atoms with van der Waals surface area (Å²) < 4.78 is 5.69. The molecule has 2 aliphatic carbocycles. The topological polar surface area (TPSA) is 86.5 Å². The van der Waals surface area contributed by atoms with Crippen molar-refractivity contribution >= 4 is 17.4 Å². The molecule has 0 radical (unpaired) electrons. The molecule has 0 bridgehead atoms. The Bertz CT molecular complexity index is 1020. The fourth-order valence-corrected chi connectivity index (χ4v) is 6.27. The number of H-pyrrole nitrogens is 1. The van der Waals surface area contributed by atoms with Gasteiger partial charge in [-0.3, -0.25) is 9.59 Å². The number of hydrogen-bond donors (Lipinski definition) is 2. The molecule has 3 heterocycles. The molecule has 6 nitrogen and oxygen atoms in total. The maximum atomic E-state index is 13.4. The van der Waals surface area contributed by atoms with Crippen molar-refractivity contribution in [3.05, 3.63) is 53.2 Å². The van der Waals surface area contributed by atoms with Crippen LogP contribution in [0.4, 0.5) is 0 Å². The first-order chi connectivity index (χ1) is 15.5. The van der Waals surface area contributed by atoms with Crippen molar-refractivity contribution in [1.29, 1.82) is 0 Å². The molecular formula is C26H32N2O4. The molecule has 170 valence electrons. The fourth-order valence-electron chi connectivity index (χ4n) is 6.27. The smallest absolute Gasteiger partial charge is 0.306 e. The largest absolute Gasteiger partial charge is 0.481 e. The summed E-state index contributed by atoms with van der Waals surface area (Å²) in [4.78, 5) is 30.7. The lowest BCUT2D eigenvalue weighted by molar-refractivity contribution is -0.153. The SMILES string of the molecule is CC(CC(=O)N1CCC(C(=O)O)C2CCCCC21)c1c[nH]c2c1C(c1ccco1)=CCC2. The number of allylic oxidation sites excluding steroid dienone is 1. The van der Waals surface area contributed by atoms with Gasteiger partial charge in [0.1, 0.15) is 5.76 Å². The Hall–Kier alpha value is -2.76. The number of nitrogens with one attached hydrogen (secondary N) is 1. The molecule has 32 heavy (non-hydrogen) atoms. The fraction of sp³-hybridized carbons (Fsp3) is 0.538. The number of aromatic nitrogens is 1. The number of rotatable bonds is 5. The van der Waals surface area contributed by atoms with Gasteiger partial charge < -0.3 is 19.4 Å². The van der Waals surface area contributed by atoms with Gasteiger partial charge in [-0.05, 0) is 61.6 Å². The number of carbonyl (C=O) groups excluding carboxylic acids is 1. The van der Waals surface area contributed by atoms with Crippen LogP contribution < -0.4 is 0 Å². The number of hydrogen-bond acceptors (Lipinski definition) is 3. The summed E-state index contributed by atoms with van der Waals surface area (Å²) in [6.45, 7) is 2.69. The third kappa shape index (κ3) is 3.70. The number of carboxylic acids is 1. The Balaban J connectivity index is 1.35. The van der Waals surface area contributed by atoms with Crippen molar-refractivity contribution < 1.29 is 19.1 Å². The van der Waals surface area contributed by atoms with Gasteiger partial charge in [-0.25, -0.2) is 0 Å². The van der Waals surface area contributed by atoms with E-state index in [1.54, 1.807) is 6.26 Å². The van der Waals surface area contributed by atoms with Crippen LogP contribution in [0.1, 0.15) is 80.4 Å². The van der Waals surface area contributed by atoms with Crippen LogP contribution >= 0.6 is 0 Å². The summed E-state index contributed by atoms with van der Waals surface area (Å²) in [5, 5.41) is 9.67. The van der Waals surface area contributed by atoms with Crippen molar-refractivity contribution in [3.63, 3.8) is 0 Å². The van der Waals surface area contributed by atoms with E-state index in [2.05, 4.69) is 24.2 Å². The summed E-state index contributed by atoms with van der Waals surface area (Å²) in [5.74, 6) is 0.192. The Labute approximate surface area is 188 Å². The second kappa shape index (κ2) is 8.64. The molecule has 1 amide bonds. The normalized spacial score (nSPS) is 26.1. The number of carboxylic acid groups (broad SMARTS) is 1. The summed E-state index contributed by atoms with van der Waals surface area (Å²) in [6.07, 6.45) is 12.9. The van der Waals surface area contributed by atoms with Crippen LogP contribution in [0.15, 0.2) is 35.1 Å². The molecule has 0 spiro atoms. The van der Waals surface area contributed by atoms with Crippen LogP contribution in [-0.4, -0.2) is 39.5 Å². The van der Waals surface area contributed by atoms with Gasteiger partial charge in [0.05, 0.1) is 12.2 Å². The van der Waals surface area contributed by atoms with E-state index in [4.69, 9.17) is 4.42 Å². The number of aryl methyl sites for hydroxylation is 1. The monoisotopic (exact) mass is 436 g/mol. The molecule has 4 atom stereocenters. The molecule has 5 rings (SSSR count). The standard InChI is InChI=1S/C26H32N2O4/c1-16(20-15-27-21-8-4-7-19(25(20)21)23-10-5-13-32-23)14-24(29)28-12-11-18(26(30)31)17-6-2-3-9-22(17)28/h5,7,10,13,15-18,22,27H,2-4,6,8-9,11-12,14H2,1H3,(H,30,31). The number of furan rings is 1. The molecule has 1 saturated carbocycles. The summed E-state index contributed by atoms with van der Waals surface area (Å²) in [6, 6.07) is 3.98. The molecule has 1 saturated heterocycles. The van der Waals surface area contributed by atoms with Crippen LogP contribution in [0, 0.1) is 11.8 Å². The number of piperidine rings is 1. The van der Waals surface area contributed by atoms with Crippen molar-refractivity contribution in [2.45, 2.75) is 70.3 Å². The average Bonchev–Trinajstić information content (AvgIpc) is 3.48. The van der Waals surface area contributed by atoms with Gasteiger partial charge in [0.25, 0.3) is 0 Å². The van der Waals surface area contributed by atoms with Crippen LogP contribution in [0.25, 0.3) is 5.57 Å². The highest BCUT2D eigenvalue weighted by atomic mass is 16.4. The molecule has 2 aromatic heterocycles. The number of likely N-dealkylation sites (tertiary alicyclic amines) is 1. The van der Waals surface area contributed by atoms with E-state index in [0.717, 1.165) is 55.4 Å². The van der Waals surface area contributed by atoms with Gasteiger partial charge in [0.2, 0.25) is 5.91 Å². The van der Waals surface area contributed by atoms with E-state index in [0.29, 0.717) is 19.4 Å². The predicted molar refractivity (Wildman–Crippen MR) is 121 cm³/mol. The van der Waals surface area contributed by atoms with Crippen LogP contribution in [-0.2, 0) is 16.0 Å². The molecule has 3 aliphatic rings. The number of fused-ring (bicyclic) bond motifs is 2. The van der Waals surface area contributed by atoms with Gasteiger partial charge in [-0.1, -0.05) is 25.8 Å². The maximum absolute atomic E-state index is 13.4. The Morgan fingerprint density at radius 2 is 2.12 bits per heavy atom. The molecule has 2 fully saturated rings. The molecule has 2 N–H and O–H groups in total.